The van der Waals surface area contributed by atoms with Crippen molar-refractivity contribution in [3.8, 4) is 11.5 Å². The molecule has 0 aliphatic carbocycles. The molecular weight excluding hydrogens is 556 g/mol. The van der Waals surface area contributed by atoms with Crippen LogP contribution in [0.25, 0.3) is 10.9 Å². The maximum Gasteiger partial charge on any atom is 0.261 e. The lowest BCUT2D eigenvalue weighted by Crippen LogP contribution is -2.37. The fourth-order valence-electron chi connectivity index (χ4n) is 5.16. The molecule has 3 aromatic carbocycles. The Morgan fingerprint density at radius 3 is 2.62 bits per heavy atom. The summed E-state index contributed by atoms with van der Waals surface area (Å²) in [7, 11) is -1.70. The van der Waals surface area contributed by atoms with Gasteiger partial charge in [-0.2, -0.15) is 0 Å². The van der Waals surface area contributed by atoms with Crippen LogP contribution in [0.3, 0.4) is 0 Å². The van der Waals surface area contributed by atoms with Crippen LogP contribution in [0.5, 0.6) is 11.5 Å². The highest BCUT2D eigenvalue weighted by molar-refractivity contribution is 7.93. The summed E-state index contributed by atoms with van der Waals surface area (Å²) in [4.78, 5) is 7.07. The van der Waals surface area contributed by atoms with E-state index >= 15 is 4.39 Å². The lowest BCUT2D eigenvalue weighted by molar-refractivity contribution is 0.0357. The molecule has 0 bridgehead atoms. The second-order valence-electron chi connectivity index (χ2n) is 10.2. The van der Waals surface area contributed by atoms with Gasteiger partial charge in [-0.25, -0.2) is 12.8 Å². The van der Waals surface area contributed by atoms with Crippen LogP contribution >= 0.6 is 0 Å². The van der Waals surface area contributed by atoms with Crippen LogP contribution in [0.1, 0.15) is 17.5 Å². The van der Waals surface area contributed by atoms with E-state index in [0.29, 0.717) is 42.8 Å². The number of nitrogens with one attached hydrogen (secondary N) is 1. The van der Waals surface area contributed by atoms with Gasteiger partial charge in [-0.15, -0.1) is 0 Å². The standard InChI is InChI=1S/C31H35BFN3O5S/c1-32-26-6-3-4-7-31(26)42(37,38)35-24-9-8-23(27(33)19-24)18-22-10-11-34-28-21-30(29(39-2)20-25(22)28)41-15-5-12-36-13-16-40-17-14-36/h3-4,6-11,19-21,32,35H,5,12-18H2,1-2H3. The van der Waals surface area contributed by atoms with Gasteiger partial charge >= 0.3 is 0 Å². The highest BCUT2D eigenvalue weighted by Crippen LogP contribution is 2.34. The minimum atomic E-state index is -3.86. The molecule has 1 saturated heterocycles. The molecule has 42 heavy (non-hydrogen) atoms. The molecule has 1 N–H and O–H groups in total. The highest BCUT2D eigenvalue weighted by Gasteiger charge is 2.19. The van der Waals surface area contributed by atoms with Gasteiger partial charge in [0.25, 0.3) is 10.0 Å². The van der Waals surface area contributed by atoms with Crippen molar-refractivity contribution in [2.75, 3.05) is 51.3 Å². The van der Waals surface area contributed by atoms with Crippen LogP contribution in [0.15, 0.2) is 71.8 Å². The lowest BCUT2D eigenvalue weighted by atomic mass is 9.73. The number of ether oxygens (including phenoxy) is 3. The van der Waals surface area contributed by atoms with Crippen LogP contribution in [-0.2, 0) is 21.2 Å². The summed E-state index contributed by atoms with van der Waals surface area (Å²) in [6.45, 7) is 6.81. The first-order valence-electron chi connectivity index (χ1n) is 14.2. The van der Waals surface area contributed by atoms with E-state index in [-0.39, 0.29) is 10.6 Å². The average molecular weight is 592 g/mol. The summed E-state index contributed by atoms with van der Waals surface area (Å²) in [5.41, 5.74) is 2.88. The van der Waals surface area contributed by atoms with Gasteiger partial charge in [-0.3, -0.25) is 14.6 Å². The summed E-state index contributed by atoms with van der Waals surface area (Å²) >= 11 is 0. The Kier molecular flexibility index (Phi) is 9.61. The molecule has 0 spiro atoms. The van der Waals surface area contributed by atoms with E-state index in [1.54, 1.807) is 49.7 Å². The van der Waals surface area contributed by atoms with E-state index in [1.165, 1.54) is 6.07 Å². The topological polar surface area (TPSA) is 90.0 Å². The number of pyridine rings is 1. The first-order valence-corrected chi connectivity index (χ1v) is 15.6. The van der Waals surface area contributed by atoms with Gasteiger partial charge in [0.2, 0.25) is 0 Å². The number of sulfonamides is 1. The zero-order chi connectivity index (χ0) is 29.5. The molecule has 1 aliphatic heterocycles. The molecule has 0 unspecified atom stereocenters. The smallest absolute Gasteiger partial charge is 0.261 e. The van der Waals surface area contributed by atoms with Crippen molar-refractivity contribution in [2.24, 2.45) is 0 Å². The summed E-state index contributed by atoms with van der Waals surface area (Å²) in [6.07, 6.45) is 2.86. The largest absolute Gasteiger partial charge is 0.493 e. The van der Waals surface area contributed by atoms with Crippen LogP contribution in [0.2, 0.25) is 6.82 Å². The maximum absolute atomic E-state index is 15.3. The van der Waals surface area contributed by atoms with E-state index in [9.17, 15) is 8.42 Å². The Morgan fingerprint density at radius 2 is 1.86 bits per heavy atom. The number of aromatic nitrogens is 1. The Labute approximate surface area is 247 Å². The van der Waals surface area contributed by atoms with Gasteiger partial charge in [0, 0.05) is 43.7 Å². The number of fused-ring (bicyclic) bond motifs is 1. The zero-order valence-corrected chi connectivity index (χ0v) is 24.8. The molecular formula is C31H35BFN3O5S. The van der Waals surface area contributed by atoms with Gasteiger partial charge in [-0.1, -0.05) is 36.6 Å². The number of rotatable bonds is 12. The van der Waals surface area contributed by atoms with Crippen molar-refractivity contribution in [2.45, 2.75) is 24.6 Å². The highest BCUT2D eigenvalue weighted by atomic mass is 32.2. The number of nitrogens with zero attached hydrogens (tertiary/aromatic N) is 2. The molecule has 0 amide bonds. The molecule has 0 radical (unpaired) electrons. The van der Waals surface area contributed by atoms with E-state index in [2.05, 4.69) is 14.6 Å². The molecule has 1 aromatic heterocycles. The fourth-order valence-corrected chi connectivity index (χ4v) is 6.52. The average Bonchev–Trinajstić information content (AvgIpc) is 3.00. The normalized spacial score (nSPS) is 14.1. The third-order valence-electron chi connectivity index (χ3n) is 7.43. The Morgan fingerprint density at radius 1 is 1.05 bits per heavy atom. The van der Waals surface area contributed by atoms with E-state index in [0.717, 1.165) is 55.7 Å². The number of hydrogen-bond donors (Lipinski definition) is 1. The molecule has 8 nitrogen and oxygen atoms in total. The third kappa shape index (κ3) is 7.03. The van der Waals surface area contributed by atoms with Crippen molar-refractivity contribution in [3.63, 3.8) is 0 Å². The molecule has 220 valence electrons. The van der Waals surface area contributed by atoms with Crippen molar-refractivity contribution in [1.82, 2.24) is 9.88 Å². The zero-order valence-electron chi connectivity index (χ0n) is 23.9. The summed E-state index contributed by atoms with van der Waals surface area (Å²) in [5.74, 6) is 0.695. The van der Waals surface area contributed by atoms with Crippen molar-refractivity contribution in [3.05, 3.63) is 83.8 Å². The van der Waals surface area contributed by atoms with Crippen LogP contribution in [0.4, 0.5) is 10.1 Å². The van der Waals surface area contributed by atoms with Gasteiger partial charge in [0.15, 0.2) is 18.8 Å². The van der Waals surface area contributed by atoms with Crippen molar-refractivity contribution < 1.29 is 27.0 Å². The second-order valence-corrected chi connectivity index (χ2v) is 11.8. The van der Waals surface area contributed by atoms with Crippen LogP contribution < -0.4 is 19.7 Å². The quantitative estimate of drug-likeness (QED) is 0.197. The molecule has 4 aromatic rings. The second kappa shape index (κ2) is 13.5. The Balaban J connectivity index is 1.30. The minimum absolute atomic E-state index is 0.166. The molecule has 11 heteroatoms. The van der Waals surface area contributed by atoms with Gasteiger partial charge in [0.1, 0.15) is 5.82 Å². The number of methoxy groups -OCH3 is 1. The number of anilines is 1. The fraction of sp³-hybridized carbons (Fsp3) is 0.323. The summed E-state index contributed by atoms with van der Waals surface area (Å²) in [6, 6.07) is 16.8. The lowest BCUT2D eigenvalue weighted by Gasteiger charge is -2.26. The molecule has 1 aliphatic rings. The van der Waals surface area contributed by atoms with Gasteiger partial charge < -0.3 is 14.2 Å². The van der Waals surface area contributed by atoms with Gasteiger partial charge in [0.05, 0.1) is 43.0 Å². The minimum Gasteiger partial charge on any atom is -0.493 e. The Bertz CT molecular complexity index is 1650. The predicted molar refractivity (Wildman–Crippen MR) is 165 cm³/mol. The molecule has 0 atom stereocenters. The van der Waals surface area contributed by atoms with E-state index in [4.69, 9.17) is 14.2 Å². The number of halogens is 1. The van der Waals surface area contributed by atoms with Crippen LogP contribution in [0, 0.1) is 5.82 Å². The molecule has 1 fully saturated rings. The number of morpholine rings is 1. The Hall–Kier alpha value is -3.67. The first kappa shape index (κ1) is 29.8. The van der Waals surface area contributed by atoms with E-state index in [1.807, 2.05) is 25.0 Å². The van der Waals surface area contributed by atoms with E-state index < -0.39 is 15.8 Å². The number of benzene rings is 3. The maximum atomic E-state index is 15.3. The third-order valence-corrected chi connectivity index (χ3v) is 8.91. The molecule has 2 heterocycles. The SMILES string of the molecule is CBc1ccccc1S(=O)(=O)Nc1ccc(Cc2ccnc3cc(OCCCN4CCOCC4)c(OC)cc23)c(F)c1. The van der Waals surface area contributed by atoms with Crippen LogP contribution in [-0.4, -0.2) is 72.1 Å². The number of hydrogen-bond acceptors (Lipinski definition) is 7. The van der Waals surface area contributed by atoms with Gasteiger partial charge in [-0.05, 0) is 47.9 Å². The first-order chi connectivity index (χ1) is 20.4. The van der Waals surface area contributed by atoms with Crippen molar-refractivity contribution >= 4 is 39.4 Å². The molecule has 5 rings (SSSR count). The summed E-state index contributed by atoms with van der Waals surface area (Å²) in [5, 5.41) is 0.829. The molecule has 0 saturated carbocycles. The summed E-state index contributed by atoms with van der Waals surface area (Å²) < 4.78 is 60.9. The van der Waals surface area contributed by atoms with Crippen molar-refractivity contribution in [1.29, 1.82) is 0 Å². The monoisotopic (exact) mass is 591 g/mol. The predicted octanol–water partition coefficient (Wildman–Crippen LogP) is 3.99.